The van der Waals surface area contributed by atoms with Crippen molar-refractivity contribution in [1.82, 2.24) is 0 Å². The minimum atomic E-state index is -1.44. The van der Waals surface area contributed by atoms with Crippen molar-refractivity contribution in [2.45, 2.75) is 38.9 Å². The zero-order valence-electron chi connectivity index (χ0n) is 10.6. The van der Waals surface area contributed by atoms with Crippen LogP contribution in [0.1, 0.15) is 26.3 Å². The fraction of sp³-hybridized carbons (Fsp3) is 0.429. The highest BCUT2D eigenvalue weighted by Gasteiger charge is 2.37. The van der Waals surface area contributed by atoms with Gasteiger partial charge in [-0.1, -0.05) is 76.0 Å². The van der Waals surface area contributed by atoms with E-state index in [1.165, 1.54) is 10.8 Å². The van der Waals surface area contributed by atoms with Gasteiger partial charge in [0.25, 0.3) is 0 Å². The van der Waals surface area contributed by atoms with Crippen molar-refractivity contribution in [2.24, 2.45) is 0 Å². The van der Waals surface area contributed by atoms with E-state index in [4.69, 9.17) is 0 Å². The SMILES string of the molecule is C=C(c1ccccc1)[Si](C)(C)C(C)(C)C. The van der Waals surface area contributed by atoms with Gasteiger partial charge in [0, 0.05) is 0 Å². The minimum Gasteiger partial charge on any atom is -0.0992 e. The van der Waals surface area contributed by atoms with Crippen molar-refractivity contribution in [3.63, 3.8) is 0 Å². The van der Waals surface area contributed by atoms with E-state index in [2.05, 4.69) is 70.8 Å². The minimum absolute atomic E-state index is 0.361. The van der Waals surface area contributed by atoms with Crippen molar-refractivity contribution in [3.05, 3.63) is 42.5 Å². The maximum atomic E-state index is 4.32. The number of hydrogen-bond donors (Lipinski definition) is 0. The molecule has 0 fully saturated rings. The molecule has 0 N–H and O–H groups in total. The highest BCUT2D eigenvalue weighted by Crippen LogP contribution is 2.43. The van der Waals surface area contributed by atoms with Crippen molar-refractivity contribution < 1.29 is 0 Å². The molecule has 1 heteroatoms. The zero-order chi connectivity index (χ0) is 11.7. The standard InChI is InChI=1S/C14H22Si/c1-12(13-10-8-7-9-11-13)15(5,6)14(2,3)4/h7-11H,1H2,2-6H3. The molecule has 0 atom stereocenters. The smallest absolute Gasteiger partial charge is 0.0859 e. The summed E-state index contributed by atoms with van der Waals surface area (Å²) < 4.78 is 0. The lowest BCUT2D eigenvalue weighted by atomic mass is 10.2. The third kappa shape index (κ3) is 2.40. The molecule has 0 aliphatic heterocycles. The molecule has 0 amide bonds. The Morgan fingerprint density at radius 1 is 1.07 bits per heavy atom. The molecule has 1 aromatic carbocycles. The van der Waals surface area contributed by atoms with Crippen LogP contribution in [0.3, 0.4) is 0 Å². The Morgan fingerprint density at radius 3 is 1.93 bits per heavy atom. The Kier molecular flexibility index (Phi) is 3.24. The zero-order valence-corrected chi connectivity index (χ0v) is 11.6. The highest BCUT2D eigenvalue weighted by atomic mass is 28.3. The third-order valence-electron chi connectivity index (χ3n) is 3.75. The first-order chi connectivity index (χ1) is 6.77. The Hall–Kier alpha value is -0.823. The maximum absolute atomic E-state index is 4.32. The van der Waals surface area contributed by atoms with E-state index >= 15 is 0 Å². The monoisotopic (exact) mass is 218 g/mol. The van der Waals surface area contributed by atoms with Gasteiger partial charge in [-0.2, -0.15) is 0 Å². The summed E-state index contributed by atoms with van der Waals surface area (Å²) >= 11 is 0. The predicted octanol–water partition coefficient (Wildman–Crippen LogP) is 4.75. The summed E-state index contributed by atoms with van der Waals surface area (Å²) in [6.45, 7) is 16.1. The number of hydrogen-bond acceptors (Lipinski definition) is 0. The van der Waals surface area contributed by atoms with Gasteiger partial charge >= 0.3 is 0 Å². The molecule has 0 nitrogen and oxygen atoms in total. The summed E-state index contributed by atoms with van der Waals surface area (Å²) in [5, 5.41) is 1.72. The van der Waals surface area contributed by atoms with E-state index < -0.39 is 8.07 Å². The molecule has 82 valence electrons. The van der Waals surface area contributed by atoms with Crippen LogP contribution >= 0.6 is 0 Å². The van der Waals surface area contributed by atoms with E-state index in [0.717, 1.165) is 0 Å². The predicted molar refractivity (Wildman–Crippen MR) is 72.7 cm³/mol. The van der Waals surface area contributed by atoms with Crippen LogP contribution in [0, 0.1) is 0 Å². The fourth-order valence-corrected chi connectivity index (χ4v) is 3.25. The third-order valence-corrected chi connectivity index (χ3v) is 9.30. The van der Waals surface area contributed by atoms with Crippen LogP contribution in [-0.4, -0.2) is 8.07 Å². The molecule has 0 saturated heterocycles. The van der Waals surface area contributed by atoms with Crippen LogP contribution in [0.25, 0.3) is 5.20 Å². The first-order valence-electron chi connectivity index (χ1n) is 5.51. The van der Waals surface area contributed by atoms with Gasteiger partial charge < -0.3 is 0 Å². The van der Waals surface area contributed by atoms with Gasteiger partial charge in [0.1, 0.15) is 0 Å². The molecular weight excluding hydrogens is 196 g/mol. The summed E-state index contributed by atoms with van der Waals surface area (Å²) in [4.78, 5) is 0. The van der Waals surface area contributed by atoms with Crippen LogP contribution < -0.4 is 0 Å². The van der Waals surface area contributed by atoms with Crippen molar-refractivity contribution in [3.8, 4) is 0 Å². The molecule has 0 bridgehead atoms. The molecule has 0 aliphatic rings. The summed E-state index contributed by atoms with van der Waals surface area (Å²) in [6.07, 6.45) is 0. The van der Waals surface area contributed by atoms with Crippen LogP contribution in [0.4, 0.5) is 0 Å². The Bertz CT molecular complexity index is 341. The molecule has 0 aliphatic carbocycles. The summed E-state index contributed by atoms with van der Waals surface area (Å²) in [7, 11) is -1.44. The van der Waals surface area contributed by atoms with Crippen molar-refractivity contribution >= 4 is 13.3 Å². The second-order valence-electron chi connectivity index (χ2n) is 5.72. The second kappa shape index (κ2) is 3.97. The molecule has 0 heterocycles. The molecular formula is C14H22Si. The molecule has 0 spiro atoms. The molecule has 15 heavy (non-hydrogen) atoms. The van der Waals surface area contributed by atoms with Crippen LogP contribution in [0.5, 0.6) is 0 Å². The van der Waals surface area contributed by atoms with Gasteiger partial charge in [0.2, 0.25) is 0 Å². The van der Waals surface area contributed by atoms with Gasteiger partial charge in [0.05, 0.1) is 8.07 Å². The molecule has 0 aromatic heterocycles. The van der Waals surface area contributed by atoms with Gasteiger partial charge in [-0.05, 0) is 10.6 Å². The van der Waals surface area contributed by atoms with Crippen LogP contribution in [0.2, 0.25) is 18.1 Å². The first-order valence-corrected chi connectivity index (χ1v) is 8.51. The maximum Gasteiger partial charge on any atom is 0.0859 e. The quantitative estimate of drug-likeness (QED) is 0.629. The second-order valence-corrected chi connectivity index (χ2v) is 11.1. The van der Waals surface area contributed by atoms with Crippen LogP contribution in [-0.2, 0) is 0 Å². The number of rotatable bonds is 2. The first kappa shape index (κ1) is 12.2. The Balaban J connectivity index is 3.06. The average molecular weight is 218 g/mol. The lowest BCUT2D eigenvalue weighted by Gasteiger charge is -2.38. The van der Waals surface area contributed by atoms with E-state index in [1.54, 1.807) is 0 Å². The highest BCUT2D eigenvalue weighted by molar-refractivity contribution is 6.96. The summed E-state index contributed by atoms with van der Waals surface area (Å²) in [6, 6.07) is 10.6. The van der Waals surface area contributed by atoms with Crippen LogP contribution in [0.15, 0.2) is 36.9 Å². The molecule has 0 unspecified atom stereocenters. The lowest BCUT2D eigenvalue weighted by Crippen LogP contribution is -2.38. The molecule has 0 saturated carbocycles. The van der Waals surface area contributed by atoms with E-state index in [9.17, 15) is 0 Å². The van der Waals surface area contributed by atoms with Gasteiger partial charge in [-0.3, -0.25) is 0 Å². The fourth-order valence-electron chi connectivity index (χ4n) is 1.45. The van der Waals surface area contributed by atoms with Gasteiger partial charge in [0.15, 0.2) is 0 Å². The summed E-state index contributed by atoms with van der Waals surface area (Å²) in [5.74, 6) is 0. The molecule has 1 rings (SSSR count). The van der Waals surface area contributed by atoms with E-state index in [0.29, 0.717) is 5.04 Å². The largest absolute Gasteiger partial charge is 0.0992 e. The van der Waals surface area contributed by atoms with Crippen molar-refractivity contribution in [1.29, 1.82) is 0 Å². The van der Waals surface area contributed by atoms with Gasteiger partial charge in [-0.25, -0.2) is 0 Å². The van der Waals surface area contributed by atoms with Gasteiger partial charge in [-0.15, -0.1) is 0 Å². The Labute approximate surface area is 95.0 Å². The average Bonchev–Trinajstić information content (AvgIpc) is 2.16. The van der Waals surface area contributed by atoms with E-state index in [1.807, 2.05) is 0 Å². The van der Waals surface area contributed by atoms with Crippen molar-refractivity contribution in [2.75, 3.05) is 0 Å². The summed E-state index contributed by atoms with van der Waals surface area (Å²) in [5.41, 5.74) is 1.31. The normalized spacial score (nSPS) is 12.6. The lowest BCUT2D eigenvalue weighted by molar-refractivity contribution is 0.730. The Morgan fingerprint density at radius 2 is 1.53 bits per heavy atom. The molecule has 0 radical (unpaired) electrons. The topological polar surface area (TPSA) is 0 Å². The molecule has 1 aromatic rings. The van der Waals surface area contributed by atoms with E-state index in [-0.39, 0.29) is 0 Å². The number of benzene rings is 1.